The highest BCUT2D eigenvalue weighted by atomic mass is 15.1. The van der Waals surface area contributed by atoms with Crippen molar-refractivity contribution in [3.05, 3.63) is 35.4 Å². The van der Waals surface area contributed by atoms with Crippen molar-refractivity contribution < 1.29 is 0 Å². The molecule has 1 atom stereocenters. The van der Waals surface area contributed by atoms with E-state index in [1.54, 1.807) is 0 Å². The fourth-order valence-corrected chi connectivity index (χ4v) is 2.81. The van der Waals surface area contributed by atoms with E-state index in [9.17, 15) is 0 Å². The zero-order chi connectivity index (χ0) is 14.4. The zero-order valence-electron chi connectivity index (χ0n) is 13.4. The molecule has 0 aromatic heterocycles. The zero-order valence-corrected chi connectivity index (χ0v) is 13.4. The van der Waals surface area contributed by atoms with Crippen LogP contribution in [0.2, 0.25) is 0 Å². The second-order valence-electron chi connectivity index (χ2n) is 6.42. The van der Waals surface area contributed by atoms with Crippen LogP contribution in [0.15, 0.2) is 24.3 Å². The highest BCUT2D eigenvalue weighted by Gasteiger charge is 2.19. The molecule has 1 aromatic carbocycles. The molecule has 1 saturated heterocycles. The van der Waals surface area contributed by atoms with E-state index in [1.807, 2.05) is 0 Å². The lowest BCUT2D eigenvalue weighted by Crippen LogP contribution is -2.38. The molecule has 20 heavy (non-hydrogen) atoms. The van der Waals surface area contributed by atoms with Crippen LogP contribution < -0.4 is 5.32 Å². The highest BCUT2D eigenvalue weighted by molar-refractivity contribution is 5.21. The summed E-state index contributed by atoms with van der Waals surface area (Å²) in [5.41, 5.74) is 2.80. The molecule has 0 spiro atoms. The molecule has 0 amide bonds. The van der Waals surface area contributed by atoms with Gasteiger partial charge in [0.25, 0.3) is 0 Å². The summed E-state index contributed by atoms with van der Waals surface area (Å²) in [5.74, 6) is 0.873. The predicted molar refractivity (Wildman–Crippen MR) is 86.9 cm³/mol. The average molecular weight is 274 g/mol. The molecular formula is C18H30N2. The van der Waals surface area contributed by atoms with Gasteiger partial charge >= 0.3 is 0 Å². The van der Waals surface area contributed by atoms with E-state index >= 15 is 0 Å². The molecule has 112 valence electrons. The topological polar surface area (TPSA) is 15.3 Å². The SMILES string of the molecule is CCC(C)NCC1CCN(Cc2ccc(C)cc2)CC1. The van der Waals surface area contributed by atoms with Crippen molar-refractivity contribution in [1.82, 2.24) is 10.2 Å². The fraction of sp³-hybridized carbons (Fsp3) is 0.667. The maximum atomic E-state index is 3.65. The van der Waals surface area contributed by atoms with Crippen LogP contribution in [0, 0.1) is 12.8 Å². The van der Waals surface area contributed by atoms with Gasteiger partial charge in [-0.15, -0.1) is 0 Å². The minimum Gasteiger partial charge on any atom is -0.314 e. The molecule has 1 unspecified atom stereocenters. The van der Waals surface area contributed by atoms with Crippen LogP contribution in [-0.2, 0) is 6.54 Å². The summed E-state index contributed by atoms with van der Waals surface area (Å²) >= 11 is 0. The van der Waals surface area contributed by atoms with Crippen LogP contribution >= 0.6 is 0 Å². The smallest absolute Gasteiger partial charge is 0.0233 e. The molecule has 2 heteroatoms. The second-order valence-corrected chi connectivity index (χ2v) is 6.42. The molecule has 1 fully saturated rings. The van der Waals surface area contributed by atoms with E-state index < -0.39 is 0 Å². The van der Waals surface area contributed by atoms with Crippen molar-refractivity contribution in [3.63, 3.8) is 0 Å². The summed E-state index contributed by atoms with van der Waals surface area (Å²) in [6.45, 7) is 11.5. The normalized spacial score (nSPS) is 19.1. The molecule has 0 bridgehead atoms. The largest absolute Gasteiger partial charge is 0.314 e. The molecule has 0 saturated carbocycles. The van der Waals surface area contributed by atoms with Crippen LogP contribution in [0.25, 0.3) is 0 Å². The van der Waals surface area contributed by atoms with Gasteiger partial charge in [-0.2, -0.15) is 0 Å². The van der Waals surface area contributed by atoms with Crippen LogP contribution in [0.5, 0.6) is 0 Å². The number of benzene rings is 1. The molecule has 1 aliphatic heterocycles. The summed E-state index contributed by atoms with van der Waals surface area (Å²) in [7, 11) is 0. The summed E-state index contributed by atoms with van der Waals surface area (Å²) in [5, 5.41) is 3.65. The molecular weight excluding hydrogens is 244 g/mol. The van der Waals surface area contributed by atoms with E-state index in [2.05, 4.69) is 55.3 Å². The monoisotopic (exact) mass is 274 g/mol. The Hall–Kier alpha value is -0.860. The van der Waals surface area contributed by atoms with Crippen molar-refractivity contribution in [2.24, 2.45) is 5.92 Å². The maximum absolute atomic E-state index is 3.65. The van der Waals surface area contributed by atoms with Crippen LogP contribution in [-0.4, -0.2) is 30.6 Å². The Labute approximate surface area is 124 Å². The molecule has 0 radical (unpaired) electrons. The number of nitrogens with zero attached hydrogens (tertiary/aromatic N) is 1. The quantitative estimate of drug-likeness (QED) is 0.853. The molecule has 2 nitrogen and oxygen atoms in total. The number of hydrogen-bond donors (Lipinski definition) is 1. The van der Waals surface area contributed by atoms with Gasteiger partial charge in [0, 0.05) is 12.6 Å². The third-order valence-corrected chi connectivity index (χ3v) is 4.60. The third kappa shape index (κ3) is 4.92. The maximum Gasteiger partial charge on any atom is 0.0233 e. The lowest BCUT2D eigenvalue weighted by atomic mass is 9.96. The van der Waals surface area contributed by atoms with Gasteiger partial charge in [-0.25, -0.2) is 0 Å². The van der Waals surface area contributed by atoms with E-state index in [0.717, 1.165) is 12.5 Å². The third-order valence-electron chi connectivity index (χ3n) is 4.60. The molecule has 0 aliphatic carbocycles. The Morgan fingerprint density at radius 1 is 1.20 bits per heavy atom. The van der Waals surface area contributed by atoms with Crippen LogP contribution in [0.1, 0.15) is 44.2 Å². The van der Waals surface area contributed by atoms with Gasteiger partial charge in [0.2, 0.25) is 0 Å². The van der Waals surface area contributed by atoms with E-state index in [4.69, 9.17) is 0 Å². The average Bonchev–Trinajstić information content (AvgIpc) is 2.48. The highest BCUT2D eigenvalue weighted by Crippen LogP contribution is 2.18. The van der Waals surface area contributed by atoms with Crippen molar-refractivity contribution in [1.29, 1.82) is 0 Å². The lowest BCUT2D eigenvalue weighted by Gasteiger charge is -2.32. The summed E-state index contributed by atoms with van der Waals surface area (Å²) in [4.78, 5) is 2.60. The van der Waals surface area contributed by atoms with Crippen LogP contribution in [0.3, 0.4) is 0 Å². The van der Waals surface area contributed by atoms with Gasteiger partial charge in [-0.1, -0.05) is 36.8 Å². The van der Waals surface area contributed by atoms with Crippen molar-refractivity contribution in [2.45, 2.75) is 52.6 Å². The summed E-state index contributed by atoms with van der Waals surface area (Å²) < 4.78 is 0. The molecule has 2 rings (SSSR count). The van der Waals surface area contributed by atoms with Gasteiger partial charge in [0.15, 0.2) is 0 Å². The summed E-state index contributed by atoms with van der Waals surface area (Å²) in [6.07, 6.45) is 3.91. The van der Waals surface area contributed by atoms with Crippen molar-refractivity contribution >= 4 is 0 Å². The fourth-order valence-electron chi connectivity index (χ4n) is 2.81. The number of piperidine rings is 1. The molecule has 1 aliphatic rings. The van der Waals surface area contributed by atoms with E-state index in [-0.39, 0.29) is 0 Å². The first kappa shape index (κ1) is 15.5. The minimum atomic E-state index is 0.667. The number of aryl methyl sites for hydroxylation is 1. The molecule has 1 aromatic rings. The standard InChI is InChI=1S/C18H30N2/c1-4-16(3)19-13-17-9-11-20(12-10-17)14-18-7-5-15(2)6-8-18/h5-8,16-17,19H,4,9-14H2,1-3H3. The molecule has 1 heterocycles. The number of rotatable bonds is 6. The second kappa shape index (κ2) is 7.80. The first-order chi connectivity index (χ1) is 9.67. The van der Waals surface area contributed by atoms with Gasteiger partial charge in [0.05, 0.1) is 0 Å². The van der Waals surface area contributed by atoms with Gasteiger partial charge in [-0.05, 0) is 64.2 Å². The predicted octanol–water partition coefficient (Wildman–Crippen LogP) is 3.60. The van der Waals surface area contributed by atoms with Crippen molar-refractivity contribution in [2.75, 3.05) is 19.6 Å². The Kier molecular flexibility index (Phi) is 6.06. The Morgan fingerprint density at radius 3 is 2.45 bits per heavy atom. The summed E-state index contributed by atoms with van der Waals surface area (Å²) in [6, 6.07) is 9.65. The first-order valence-electron chi connectivity index (χ1n) is 8.18. The van der Waals surface area contributed by atoms with Gasteiger partial charge < -0.3 is 5.32 Å². The molecule has 1 N–H and O–H groups in total. The van der Waals surface area contributed by atoms with Crippen molar-refractivity contribution in [3.8, 4) is 0 Å². The Bertz CT molecular complexity index is 377. The Morgan fingerprint density at radius 2 is 1.85 bits per heavy atom. The first-order valence-corrected chi connectivity index (χ1v) is 8.18. The van der Waals surface area contributed by atoms with E-state index in [1.165, 1.54) is 50.0 Å². The van der Waals surface area contributed by atoms with Crippen LogP contribution in [0.4, 0.5) is 0 Å². The number of likely N-dealkylation sites (tertiary alicyclic amines) is 1. The minimum absolute atomic E-state index is 0.667. The number of nitrogens with one attached hydrogen (secondary N) is 1. The lowest BCUT2D eigenvalue weighted by molar-refractivity contribution is 0.173. The number of hydrogen-bond acceptors (Lipinski definition) is 2. The van der Waals surface area contributed by atoms with Gasteiger partial charge in [0.1, 0.15) is 0 Å². The van der Waals surface area contributed by atoms with Gasteiger partial charge in [-0.3, -0.25) is 4.90 Å². The Balaban J connectivity index is 1.70. The van der Waals surface area contributed by atoms with E-state index in [0.29, 0.717) is 6.04 Å².